The van der Waals surface area contributed by atoms with Crippen molar-refractivity contribution in [3.8, 4) is 5.75 Å². The normalized spacial score (nSPS) is 15.9. The van der Waals surface area contributed by atoms with Crippen LogP contribution >= 0.6 is 0 Å². The number of hydrogen-bond acceptors (Lipinski definition) is 6. The highest BCUT2D eigenvalue weighted by molar-refractivity contribution is 7.80. The Morgan fingerprint density at radius 2 is 1.59 bits per heavy atom. The number of rotatable bonds is 11. The van der Waals surface area contributed by atoms with Gasteiger partial charge in [0.2, 0.25) is 0 Å². The highest BCUT2D eigenvalue weighted by Crippen LogP contribution is 2.48. The van der Waals surface area contributed by atoms with Crippen molar-refractivity contribution in [2.75, 3.05) is 6.61 Å². The molecule has 1 aromatic carbocycles. The van der Waals surface area contributed by atoms with Crippen LogP contribution in [0, 0.1) is 10.8 Å². The molecule has 0 amide bonds. The van der Waals surface area contributed by atoms with E-state index in [1.54, 1.807) is 24.3 Å². The van der Waals surface area contributed by atoms with Crippen LogP contribution in [0.4, 0.5) is 0 Å². The molecule has 29 heavy (non-hydrogen) atoms. The summed E-state index contributed by atoms with van der Waals surface area (Å²) in [6.07, 6.45) is 1.09. The van der Waals surface area contributed by atoms with E-state index in [1.807, 2.05) is 33.8 Å². The van der Waals surface area contributed by atoms with E-state index in [4.69, 9.17) is 13.7 Å². The van der Waals surface area contributed by atoms with Crippen LogP contribution in [-0.4, -0.2) is 31.5 Å². The number of para-hydroxylation sites is 1. The molecule has 0 radical (unpaired) electrons. The van der Waals surface area contributed by atoms with Crippen molar-refractivity contribution >= 4 is 10.4 Å². The zero-order valence-electron chi connectivity index (χ0n) is 18.9. The molecule has 7 nitrogen and oxygen atoms in total. The van der Waals surface area contributed by atoms with E-state index in [0.29, 0.717) is 25.2 Å². The minimum atomic E-state index is -4.83. The third kappa shape index (κ3) is 8.22. The van der Waals surface area contributed by atoms with E-state index in [9.17, 15) is 13.0 Å². The predicted molar refractivity (Wildman–Crippen MR) is 116 cm³/mol. The Morgan fingerprint density at radius 3 is 2.00 bits per heavy atom. The lowest BCUT2D eigenvalue weighted by molar-refractivity contribution is -0.267. The van der Waals surface area contributed by atoms with E-state index >= 15 is 0 Å². The summed E-state index contributed by atoms with van der Waals surface area (Å²) in [5, 5.41) is 0. The summed E-state index contributed by atoms with van der Waals surface area (Å²) in [5.74, 6) is -1.31. The Labute approximate surface area is 176 Å². The first-order valence-electron chi connectivity index (χ1n) is 9.80. The molecule has 0 aliphatic carbocycles. The van der Waals surface area contributed by atoms with Crippen LogP contribution in [0.3, 0.4) is 0 Å². The summed E-state index contributed by atoms with van der Waals surface area (Å²) in [5.41, 5.74) is -0.980. The second-order valence-electron chi connectivity index (χ2n) is 8.95. The van der Waals surface area contributed by atoms with Crippen LogP contribution < -0.4 is 10.9 Å². The second kappa shape index (κ2) is 10.7. The molecule has 2 unspecified atom stereocenters. The van der Waals surface area contributed by atoms with E-state index in [1.165, 1.54) is 0 Å². The van der Waals surface area contributed by atoms with Gasteiger partial charge in [-0.2, -0.15) is 12.6 Å². The summed E-state index contributed by atoms with van der Waals surface area (Å²) in [6, 6.07) is 8.87. The van der Waals surface area contributed by atoms with E-state index < -0.39 is 27.7 Å². The molecule has 0 saturated heterocycles. The number of ether oxygens (including phenoxy) is 2. The van der Waals surface area contributed by atoms with Crippen LogP contribution in [0.15, 0.2) is 30.3 Å². The molecule has 0 aromatic heterocycles. The summed E-state index contributed by atoms with van der Waals surface area (Å²) in [6.45, 7) is 14.1. The van der Waals surface area contributed by atoms with Gasteiger partial charge in [0.15, 0.2) is 0 Å². The molecule has 0 fully saturated rings. The van der Waals surface area contributed by atoms with Gasteiger partial charge in [-0.1, -0.05) is 66.2 Å². The van der Waals surface area contributed by atoms with Gasteiger partial charge in [-0.3, -0.25) is 4.55 Å². The molecule has 0 heterocycles. The maximum Gasteiger partial charge on any atom is 0.401 e. The predicted octanol–water partition coefficient (Wildman–Crippen LogP) is 5.41. The molecule has 0 aliphatic rings. The Kier molecular flexibility index (Phi) is 10.3. The molecule has 1 aromatic rings. The third-order valence-corrected chi connectivity index (χ3v) is 4.96. The van der Waals surface area contributed by atoms with Gasteiger partial charge >= 0.3 is 10.4 Å². The molecular formula is C21H39NO6S. The summed E-state index contributed by atoms with van der Waals surface area (Å²) in [7, 11) is -4.83. The Bertz CT molecular complexity index is 694. The SMILES string of the molecule is CCCC(OCC)C(Oc1ccccc1)(OS(=O)(=O)O)C(C)(C)CC(C)(C)C.N. The minimum Gasteiger partial charge on any atom is -0.458 e. The first-order valence-corrected chi connectivity index (χ1v) is 11.2. The second-order valence-corrected chi connectivity index (χ2v) is 9.97. The van der Waals surface area contributed by atoms with Crippen molar-refractivity contribution in [1.82, 2.24) is 6.15 Å². The Morgan fingerprint density at radius 1 is 1.03 bits per heavy atom. The van der Waals surface area contributed by atoms with Crippen LogP contribution in [0.1, 0.15) is 67.7 Å². The third-order valence-electron chi connectivity index (χ3n) is 4.50. The first kappa shape index (κ1) is 27.8. The van der Waals surface area contributed by atoms with Crippen LogP contribution in [0.25, 0.3) is 0 Å². The zero-order valence-corrected chi connectivity index (χ0v) is 19.7. The van der Waals surface area contributed by atoms with Gasteiger partial charge in [-0.15, -0.1) is 0 Å². The topological polar surface area (TPSA) is 117 Å². The zero-order chi connectivity index (χ0) is 21.6. The van der Waals surface area contributed by atoms with E-state index in [0.717, 1.165) is 6.42 Å². The smallest absolute Gasteiger partial charge is 0.401 e. The van der Waals surface area contributed by atoms with Gasteiger partial charge in [0, 0.05) is 12.0 Å². The van der Waals surface area contributed by atoms with Gasteiger partial charge in [-0.25, -0.2) is 0 Å². The van der Waals surface area contributed by atoms with Crippen molar-refractivity contribution < 1.29 is 26.6 Å². The Balaban J connectivity index is 0.00000784. The van der Waals surface area contributed by atoms with E-state index in [-0.39, 0.29) is 11.6 Å². The summed E-state index contributed by atoms with van der Waals surface area (Å²) < 4.78 is 51.2. The molecule has 0 bridgehead atoms. The molecule has 2 atom stereocenters. The van der Waals surface area contributed by atoms with Crippen molar-refractivity contribution in [2.24, 2.45) is 10.8 Å². The largest absolute Gasteiger partial charge is 0.458 e. The fourth-order valence-corrected chi connectivity index (χ4v) is 4.62. The van der Waals surface area contributed by atoms with Gasteiger partial charge in [0.1, 0.15) is 11.9 Å². The van der Waals surface area contributed by atoms with Crippen molar-refractivity contribution in [1.29, 1.82) is 0 Å². The van der Waals surface area contributed by atoms with Crippen LogP contribution in [-0.2, 0) is 19.3 Å². The summed E-state index contributed by atoms with van der Waals surface area (Å²) in [4.78, 5) is 0. The summed E-state index contributed by atoms with van der Waals surface area (Å²) >= 11 is 0. The maximum absolute atomic E-state index is 12.0. The quantitative estimate of drug-likeness (QED) is 0.354. The average Bonchev–Trinajstić information content (AvgIpc) is 2.51. The monoisotopic (exact) mass is 433 g/mol. The van der Waals surface area contributed by atoms with Crippen LogP contribution in [0.2, 0.25) is 0 Å². The highest BCUT2D eigenvalue weighted by Gasteiger charge is 2.58. The van der Waals surface area contributed by atoms with Crippen LogP contribution in [0.5, 0.6) is 5.75 Å². The lowest BCUT2D eigenvalue weighted by Crippen LogP contribution is -2.62. The molecule has 0 aliphatic heterocycles. The molecule has 0 spiro atoms. The van der Waals surface area contributed by atoms with Gasteiger partial charge in [-0.05, 0) is 37.3 Å². The number of hydrogen-bond donors (Lipinski definition) is 2. The molecule has 170 valence electrons. The van der Waals surface area contributed by atoms with Gasteiger partial charge in [0.25, 0.3) is 5.79 Å². The van der Waals surface area contributed by atoms with Crippen molar-refractivity contribution in [3.05, 3.63) is 30.3 Å². The molecule has 4 N–H and O–H groups in total. The van der Waals surface area contributed by atoms with Gasteiger partial charge in [0.05, 0.1) is 0 Å². The fourth-order valence-electron chi connectivity index (χ4n) is 3.94. The minimum absolute atomic E-state index is 0. The lowest BCUT2D eigenvalue weighted by Gasteiger charge is -2.50. The Hall–Kier alpha value is -1.19. The highest BCUT2D eigenvalue weighted by atomic mass is 32.3. The lowest BCUT2D eigenvalue weighted by atomic mass is 9.69. The standard InChI is InChI=1S/C21H36O6S.H3N/c1-8-13-18(25-9-2)21(27-28(22,23)24,20(6,7)16-19(3,4)5)26-17-14-11-10-12-15-17;/h10-12,14-15,18H,8-9,13,16H2,1-7H3,(H,22,23,24);1H3. The number of benzene rings is 1. The van der Waals surface area contributed by atoms with Crippen molar-refractivity contribution in [3.63, 3.8) is 0 Å². The molecule has 1 rings (SSSR count). The van der Waals surface area contributed by atoms with E-state index in [2.05, 4.69) is 20.8 Å². The molecule has 0 saturated carbocycles. The molecular weight excluding hydrogens is 394 g/mol. The first-order chi connectivity index (χ1) is 12.8. The van der Waals surface area contributed by atoms with Gasteiger partial charge < -0.3 is 15.6 Å². The molecule has 8 heteroatoms. The van der Waals surface area contributed by atoms with Crippen molar-refractivity contribution in [2.45, 2.75) is 79.6 Å². The average molecular weight is 434 g/mol. The fraction of sp³-hybridized carbons (Fsp3) is 0.714. The maximum atomic E-state index is 12.0.